The summed E-state index contributed by atoms with van der Waals surface area (Å²) in [6.45, 7) is 1.28. The Hall–Kier alpha value is -4.27. The minimum atomic E-state index is -0.607. The predicted molar refractivity (Wildman–Crippen MR) is 130 cm³/mol. The van der Waals surface area contributed by atoms with Crippen LogP contribution in [0.3, 0.4) is 0 Å². The number of nitrogens with one attached hydrogen (secondary N) is 1. The van der Waals surface area contributed by atoms with E-state index in [2.05, 4.69) is 20.4 Å². The fourth-order valence-corrected chi connectivity index (χ4v) is 4.04. The first-order valence-electron chi connectivity index (χ1n) is 11.3. The van der Waals surface area contributed by atoms with Crippen molar-refractivity contribution in [2.75, 3.05) is 37.5 Å². The normalized spacial score (nSPS) is 13.7. The molecule has 1 aliphatic rings. The molecular formula is C26H26N4O5. The number of anilines is 2. The van der Waals surface area contributed by atoms with Gasteiger partial charge in [-0.25, -0.2) is 9.59 Å². The van der Waals surface area contributed by atoms with Gasteiger partial charge in [0.05, 0.1) is 36.7 Å². The van der Waals surface area contributed by atoms with Gasteiger partial charge < -0.3 is 19.7 Å². The molecule has 0 unspecified atom stereocenters. The number of hydrogen-bond donors (Lipinski definition) is 1. The van der Waals surface area contributed by atoms with Gasteiger partial charge in [-0.2, -0.15) is 0 Å². The monoisotopic (exact) mass is 474 g/mol. The Kier molecular flexibility index (Phi) is 7.35. The molecule has 1 N–H and O–H groups in total. The highest BCUT2D eigenvalue weighted by Crippen LogP contribution is 2.26. The predicted octanol–water partition coefficient (Wildman–Crippen LogP) is 3.57. The van der Waals surface area contributed by atoms with Crippen LogP contribution in [0.4, 0.5) is 11.5 Å². The maximum absolute atomic E-state index is 13.0. The molecule has 1 saturated heterocycles. The lowest BCUT2D eigenvalue weighted by Crippen LogP contribution is -2.38. The van der Waals surface area contributed by atoms with Crippen LogP contribution in [0.25, 0.3) is 11.3 Å². The molecule has 1 amide bonds. The summed E-state index contributed by atoms with van der Waals surface area (Å²) in [6, 6.07) is 18.1. The smallest absolute Gasteiger partial charge is 0.339 e. The SMILES string of the molecule is COC(=O)c1ccc(C(=O)OC)c(NC(=O)C2CCN(c3ccc(-c4ccccc4)nn3)CC2)c1. The number of carbonyl (C=O) groups is 3. The third-order valence-corrected chi connectivity index (χ3v) is 6.01. The van der Waals surface area contributed by atoms with Crippen molar-refractivity contribution in [2.24, 2.45) is 5.92 Å². The molecule has 35 heavy (non-hydrogen) atoms. The van der Waals surface area contributed by atoms with Gasteiger partial charge in [0.2, 0.25) is 5.91 Å². The number of carbonyl (C=O) groups excluding carboxylic acids is 3. The van der Waals surface area contributed by atoms with Crippen molar-refractivity contribution >= 4 is 29.4 Å². The van der Waals surface area contributed by atoms with E-state index in [0.29, 0.717) is 25.9 Å². The number of rotatable bonds is 6. The van der Waals surface area contributed by atoms with Crippen LogP contribution in [0.5, 0.6) is 0 Å². The van der Waals surface area contributed by atoms with E-state index >= 15 is 0 Å². The Morgan fingerprint density at radius 3 is 2.23 bits per heavy atom. The number of ether oxygens (including phenoxy) is 2. The average molecular weight is 475 g/mol. The number of amides is 1. The largest absolute Gasteiger partial charge is 0.465 e. The summed E-state index contributed by atoms with van der Waals surface area (Å²) >= 11 is 0. The Balaban J connectivity index is 1.40. The minimum absolute atomic E-state index is 0.166. The van der Waals surface area contributed by atoms with E-state index in [1.807, 2.05) is 42.5 Å². The van der Waals surface area contributed by atoms with Crippen LogP contribution in [0.2, 0.25) is 0 Å². The highest BCUT2D eigenvalue weighted by atomic mass is 16.5. The van der Waals surface area contributed by atoms with Crippen LogP contribution in [-0.2, 0) is 14.3 Å². The number of nitrogens with zero attached hydrogens (tertiary/aromatic N) is 3. The Labute approximate surface area is 203 Å². The van der Waals surface area contributed by atoms with Gasteiger partial charge in [-0.1, -0.05) is 30.3 Å². The highest BCUT2D eigenvalue weighted by molar-refractivity contribution is 6.04. The lowest BCUT2D eigenvalue weighted by atomic mass is 9.95. The van der Waals surface area contributed by atoms with E-state index in [1.165, 1.54) is 32.4 Å². The van der Waals surface area contributed by atoms with Crippen molar-refractivity contribution in [1.82, 2.24) is 10.2 Å². The number of methoxy groups -OCH3 is 2. The topological polar surface area (TPSA) is 111 Å². The van der Waals surface area contributed by atoms with Crippen LogP contribution in [-0.4, -0.2) is 55.4 Å². The molecule has 180 valence electrons. The minimum Gasteiger partial charge on any atom is -0.465 e. The molecule has 3 aromatic rings. The summed E-state index contributed by atoms with van der Waals surface area (Å²) in [5.41, 5.74) is 2.42. The molecule has 0 bridgehead atoms. The third kappa shape index (κ3) is 5.46. The summed E-state index contributed by atoms with van der Waals surface area (Å²) < 4.78 is 9.55. The Morgan fingerprint density at radius 1 is 0.886 bits per heavy atom. The maximum Gasteiger partial charge on any atom is 0.339 e. The van der Waals surface area contributed by atoms with Gasteiger partial charge in [-0.05, 0) is 43.2 Å². The molecular weight excluding hydrogens is 448 g/mol. The summed E-state index contributed by atoms with van der Waals surface area (Å²) in [7, 11) is 2.52. The first-order chi connectivity index (χ1) is 17.0. The zero-order valence-electron chi connectivity index (χ0n) is 19.6. The average Bonchev–Trinajstić information content (AvgIpc) is 2.92. The molecule has 0 spiro atoms. The molecule has 1 aliphatic heterocycles. The molecule has 9 heteroatoms. The second-order valence-electron chi connectivity index (χ2n) is 8.14. The van der Waals surface area contributed by atoms with Crippen LogP contribution in [0.1, 0.15) is 33.6 Å². The summed E-state index contributed by atoms with van der Waals surface area (Å²) in [4.78, 5) is 39.2. The van der Waals surface area contributed by atoms with Gasteiger partial charge in [-0.15, -0.1) is 10.2 Å². The van der Waals surface area contributed by atoms with E-state index in [-0.39, 0.29) is 28.6 Å². The number of hydrogen-bond acceptors (Lipinski definition) is 8. The van der Waals surface area contributed by atoms with Crippen LogP contribution < -0.4 is 10.2 Å². The lowest BCUT2D eigenvalue weighted by Gasteiger charge is -2.32. The Morgan fingerprint density at radius 2 is 1.60 bits per heavy atom. The second kappa shape index (κ2) is 10.8. The quantitative estimate of drug-likeness (QED) is 0.540. The van der Waals surface area contributed by atoms with Crippen molar-refractivity contribution < 1.29 is 23.9 Å². The molecule has 0 aliphatic carbocycles. The van der Waals surface area contributed by atoms with E-state index in [4.69, 9.17) is 9.47 Å². The molecule has 2 aromatic carbocycles. The molecule has 0 radical (unpaired) electrons. The van der Waals surface area contributed by atoms with Crippen molar-refractivity contribution in [3.05, 3.63) is 71.8 Å². The van der Waals surface area contributed by atoms with Crippen molar-refractivity contribution in [2.45, 2.75) is 12.8 Å². The summed E-state index contributed by atoms with van der Waals surface area (Å²) in [5.74, 6) is -0.881. The van der Waals surface area contributed by atoms with Crippen molar-refractivity contribution in [1.29, 1.82) is 0 Å². The fourth-order valence-electron chi connectivity index (χ4n) is 4.04. The third-order valence-electron chi connectivity index (χ3n) is 6.01. The maximum atomic E-state index is 13.0. The van der Waals surface area contributed by atoms with E-state index in [1.54, 1.807) is 0 Å². The van der Waals surface area contributed by atoms with Gasteiger partial charge in [0, 0.05) is 24.6 Å². The second-order valence-corrected chi connectivity index (χ2v) is 8.14. The number of benzene rings is 2. The first-order valence-corrected chi connectivity index (χ1v) is 11.3. The van der Waals surface area contributed by atoms with E-state index in [0.717, 1.165) is 17.1 Å². The van der Waals surface area contributed by atoms with Gasteiger partial charge in [0.15, 0.2) is 5.82 Å². The van der Waals surface area contributed by atoms with Crippen LogP contribution >= 0.6 is 0 Å². The summed E-state index contributed by atoms with van der Waals surface area (Å²) in [5, 5.41) is 11.5. The molecule has 0 atom stereocenters. The van der Waals surface area contributed by atoms with Gasteiger partial charge in [0.25, 0.3) is 0 Å². The number of aromatic nitrogens is 2. The van der Waals surface area contributed by atoms with Gasteiger partial charge in [0.1, 0.15) is 0 Å². The molecule has 4 rings (SSSR count). The van der Waals surface area contributed by atoms with Gasteiger partial charge in [-0.3, -0.25) is 4.79 Å². The molecule has 1 aromatic heterocycles. The fraction of sp³-hybridized carbons (Fsp3) is 0.269. The van der Waals surface area contributed by atoms with Crippen LogP contribution in [0, 0.1) is 5.92 Å². The lowest BCUT2D eigenvalue weighted by molar-refractivity contribution is -0.120. The molecule has 2 heterocycles. The van der Waals surface area contributed by atoms with Crippen LogP contribution in [0.15, 0.2) is 60.7 Å². The van der Waals surface area contributed by atoms with Crippen molar-refractivity contribution in [3.63, 3.8) is 0 Å². The van der Waals surface area contributed by atoms with E-state index in [9.17, 15) is 14.4 Å². The highest BCUT2D eigenvalue weighted by Gasteiger charge is 2.27. The molecule has 0 saturated carbocycles. The number of esters is 2. The standard InChI is InChI=1S/C26H26N4O5/c1-34-25(32)19-8-9-20(26(33)35-2)22(16-19)27-24(31)18-12-14-30(15-13-18)23-11-10-21(28-29-23)17-6-4-3-5-7-17/h3-11,16,18H,12-15H2,1-2H3,(H,27,31). The zero-order chi connectivity index (χ0) is 24.8. The first kappa shape index (κ1) is 23.9. The number of piperidine rings is 1. The van der Waals surface area contributed by atoms with Crippen molar-refractivity contribution in [3.8, 4) is 11.3 Å². The summed E-state index contributed by atoms with van der Waals surface area (Å²) in [6.07, 6.45) is 1.22. The molecule has 1 fully saturated rings. The Bertz CT molecular complexity index is 1210. The molecule has 9 nitrogen and oxygen atoms in total. The van der Waals surface area contributed by atoms with E-state index < -0.39 is 11.9 Å². The zero-order valence-corrected chi connectivity index (χ0v) is 19.6. The van der Waals surface area contributed by atoms with Gasteiger partial charge >= 0.3 is 11.9 Å².